The first-order valence-electron chi connectivity index (χ1n) is 9.19. The summed E-state index contributed by atoms with van der Waals surface area (Å²) in [6.07, 6.45) is 0.501. The van der Waals surface area contributed by atoms with E-state index in [0.717, 1.165) is 33.1 Å². The van der Waals surface area contributed by atoms with Crippen molar-refractivity contribution in [2.75, 3.05) is 7.11 Å². The highest BCUT2D eigenvalue weighted by atomic mass is 16.5. The van der Waals surface area contributed by atoms with Crippen LogP contribution >= 0.6 is 0 Å². The predicted octanol–water partition coefficient (Wildman–Crippen LogP) is 6.49. The van der Waals surface area contributed by atoms with E-state index in [2.05, 4.69) is 19.9 Å². The van der Waals surface area contributed by atoms with Gasteiger partial charge in [-0.05, 0) is 41.0 Å². The first-order valence-corrected chi connectivity index (χ1v) is 9.19. The minimum Gasteiger partial charge on any atom is -0.497 e. The van der Waals surface area contributed by atoms with Gasteiger partial charge < -0.3 is 9.15 Å². The summed E-state index contributed by atoms with van der Waals surface area (Å²) in [5.41, 5.74) is 2.34. The highest BCUT2D eigenvalue weighted by Crippen LogP contribution is 2.36. The molecule has 4 rings (SSSR count). The Morgan fingerprint density at radius 2 is 1.74 bits per heavy atom. The fourth-order valence-electron chi connectivity index (χ4n) is 3.49. The Morgan fingerprint density at radius 3 is 2.52 bits per heavy atom. The summed E-state index contributed by atoms with van der Waals surface area (Å²) in [5.74, 6) is 1.90. The smallest absolute Gasteiger partial charge is 0.167 e. The summed E-state index contributed by atoms with van der Waals surface area (Å²) in [4.78, 5) is 13.0. The molecular formula is C24H22O3. The molecule has 1 aromatic heterocycles. The van der Waals surface area contributed by atoms with Gasteiger partial charge in [-0.25, -0.2) is 0 Å². The van der Waals surface area contributed by atoms with E-state index >= 15 is 0 Å². The number of furan rings is 1. The molecule has 3 aromatic carbocycles. The van der Waals surface area contributed by atoms with Crippen molar-refractivity contribution < 1.29 is 13.9 Å². The molecular weight excluding hydrogens is 336 g/mol. The molecule has 0 radical (unpaired) electrons. The van der Waals surface area contributed by atoms with Gasteiger partial charge >= 0.3 is 0 Å². The van der Waals surface area contributed by atoms with Crippen molar-refractivity contribution in [3.8, 4) is 17.1 Å². The molecule has 0 N–H and O–H groups in total. The number of Topliss-reactive ketones (excluding diaryl/α,β-unsaturated/α-hetero) is 1. The topological polar surface area (TPSA) is 39.4 Å². The molecule has 0 saturated carbocycles. The predicted molar refractivity (Wildman–Crippen MR) is 109 cm³/mol. The molecule has 1 heterocycles. The van der Waals surface area contributed by atoms with E-state index < -0.39 is 0 Å². The van der Waals surface area contributed by atoms with Crippen LogP contribution in [-0.2, 0) is 0 Å². The van der Waals surface area contributed by atoms with Gasteiger partial charge in [0.15, 0.2) is 5.78 Å². The molecule has 0 aliphatic rings. The van der Waals surface area contributed by atoms with E-state index in [1.54, 1.807) is 7.11 Å². The van der Waals surface area contributed by atoms with Crippen molar-refractivity contribution in [3.05, 3.63) is 66.2 Å². The maximum atomic E-state index is 13.0. The molecule has 27 heavy (non-hydrogen) atoms. The lowest BCUT2D eigenvalue weighted by Gasteiger charge is -2.07. The molecule has 4 aromatic rings. The minimum atomic E-state index is 0.125. The van der Waals surface area contributed by atoms with Gasteiger partial charge in [0.2, 0.25) is 0 Å². The molecule has 0 amide bonds. The monoisotopic (exact) mass is 358 g/mol. The Bertz CT molecular complexity index is 1140. The molecule has 0 aliphatic carbocycles. The second-order valence-electron chi connectivity index (χ2n) is 7.25. The summed E-state index contributed by atoms with van der Waals surface area (Å²) in [6.45, 7) is 4.12. The molecule has 136 valence electrons. The lowest BCUT2D eigenvalue weighted by molar-refractivity contribution is 0.0969. The van der Waals surface area contributed by atoms with Gasteiger partial charge in [-0.15, -0.1) is 0 Å². The number of ether oxygens (including phenoxy) is 1. The summed E-state index contributed by atoms with van der Waals surface area (Å²) < 4.78 is 11.4. The normalized spacial score (nSPS) is 11.4. The SMILES string of the molecule is COc1ccc2cc(-c3oc4ccccc4c3C(=O)CC(C)C)ccc2c1. The molecule has 0 unspecified atom stereocenters. The zero-order chi connectivity index (χ0) is 19.0. The van der Waals surface area contributed by atoms with Gasteiger partial charge in [0.25, 0.3) is 0 Å². The number of ketones is 1. The average molecular weight is 358 g/mol. The summed E-state index contributed by atoms with van der Waals surface area (Å²) >= 11 is 0. The summed E-state index contributed by atoms with van der Waals surface area (Å²) in [5, 5.41) is 3.05. The molecule has 0 saturated heterocycles. The largest absolute Gasteiger partial charge is 0.497 e. The Kier molecular flexibility index (Phi) is 4.44. The Hall–Kier alpha value is -3.07. The Balaban J connectivity index is 1.90. The number of fused-ring (bicyclic) bond motifs is 2. The van der Waals surface area contributed by atoms with Gasteiger partial charge in [-0.1, -0.05) is 50.2 Å². The van der Waals surface area contributed by atoms with E-state index in [1.165, 1.54) is 0 Å². The number of rotatable bonds is 5. The number of methoxy groups -OCH3 is 1. The number of carbonyl (C=O) groups is 1. The number of hydrogen-bond acceptors (Lipinski definition) is 3. The highest BCUT2D eigenvalue weighted by molar-refractivity contribution is 6.12. The Labute approximate surface area is 158 Å². The minimum absolute atomic E-state index is 0.125. The van der Waals surface area contributed by atoms with Crippen molar-refractivity contribution in [2.24, 2.45) is 5.92 Å². The van der Waals surface area contributed by atoms with Crippen LogP contribution in [0, 0.1) is 5.92 Å². The third-order valence-corrected chi connectivity index (χ3v) is 4.78. The van der Waals surface area contributed by atoms with Crippen LogP contribution in [0.25, 0.3) is 33.1 Å². The first kappa shape index (κ1) is 17.3. The number of para-hydroxylation sites is 1. The number of carbonyl (C=O) groups excluding carboxylic acids is 1. The molecule has 0 atom stereocenters. The van der Waals surface area contributed by atoms with Crippen molar-refractivity contribution in [1.82, 2.24) is 0 Å². The lowest BCUT2D eigenvalue weighted by Crippen LogP contribution is -2.04. The van der Waals surface area contributed by atoms with Crippen LogP contribution in [0.2, 0.25) is 0 Å². The lowest BCUT2D eigenvalue weighted by atomic mass is 9.95. The standard InChI is InChI=1S/C24H22O3/c1-15(2)12-21(25)23-20-6-4-5-7-22(20)27-24(23)18-9-8-17-14-19(26-3)11-10-16(17)13-18/h4-11,13-15H,12H2,1-3H3. The fourth-order valence-corrected chi connectivity index (χ4v) is 3.49. The van der Waals surface area contributed by atoms with E-state index in [1.807, 2.05) is 54.6 Å². The quantitative estimate of drug-likeness (QED) is 0.383. The van der Waals surface area contributed by atoms with E-state index in [9.17, 15) is 4.79 Å². The number of hydrogen-bond donors (Lipinski definition) is 0. The molecule has 3 heteroatoms. The van der Waals surface area contributed by atoms with Gasteiger partial charge in [0.05, 0.1) is 12.7 Å². The molecule has 3 nitrogen and oxygen atoms in total. The third kappa shape index (κ3) is 3.21. The van der Waals surface area contributed by atoms with Crippen molar-refractivity contribution in [3.63, 3.8) is 0 Å². The second kappa shape index (κ2) is 6.92. The molecule has 0 aliphatic heterocycles. The van der Waals surface area contributed by atoms with Gasteiger partial charge in [-0.3, -0.25) is 4.79 Å². The van der Waals surface area contributed by atoms with Crippen LogP contribution < -0.4 is 4.74 Å². The summed E-state index contributed by atoms with van der Waals surface area (Å²) in [6, 6.07) is 19.8. The van der Waals surface area contributed by atoms with E-state index in [4.69, 9.17) is 9.15 Å². The van der Waals surface area contributed by atoms with Gasteiger partial charge in [0.1, 0.15) is 17.1 Å². The average Bonchev–Trinajstić information content (AvgIpc) is 3.06. The maximum Gasteiger partial charge on any atom is 0.167 e. The maximum absolute atomic E-state index is 13.0. The van der Waals surface area contributed by atoms with Crippen LogP contribution in [0.5, 0.6) is 5.75 Å². The zero-order valence-corrected chi connectivity index (χ0v) is 15.8. The molecule has 0 spiro atoms. The van der Waals surface area contributed by atoms with Crippen LogP contribution in [0.1, 0.15) is 30.6 Å². The first-order chi connectivity index (χ1) is 13.1. The van der Waals surface area contributed by atoms with E-state index in [-0.39, 0.29) is 5.78 Å². The van der Waals surface area contributed by atoms with Crippen LogP contribution in [0.4, 0.5) is 0 Å². The zero-order valence-electron chi connectivity index (χ0n) is 15.8. The third-order valence-electron chi connectivity index (χ3n) is 4.78. The van der Waals surface area contributed by atoms with Gasteiger partial charge in [0, 0.05) is 17.4 Å². The molecule has 0 fully saturated rings. The van der Waals surface area contributed by atoms with Crippen molar-refractivity contribution in [2.45, 2.75) is 20.3 Å². The summed E-state index contributed by atoms with van der Waals surface area (Å²) in [7, 11) is 1.66. The van der Waals surface area contributed by atoms with Crippen LogP contribution in [0.15, 0.2) is 65.1 Å². The highest BCUT2D eigenvalue weighted by Gasteiger charge is 2.22. The second-order valence-corrected chi connectivity index (χ2v) is 7.25. The van der Waals surface area contributed by atoms with Crippen LogP contribution in [0.3, 0.4) is 0 Å². The fraction of sp³-hybridized carbons (Fsp3) is 0.208. The van der Waals surface area contributed by atoms with Crippen molar-refractivity contribution in [1.29, 1.82) is 0 Å². The molecule has 0 bridgehead atoms. The van der Waals surface area contributed by atoms with Crippen LogP contribution in [-0.4, -0.2) is 12.9 Å². The van der Waals surface area contributed by atoms with E-state index in [0.29, 0.717) is 23.7 Å². The van der Waals surface area contributed by atoms with Gasteiger partial charge in [-0.2, -0.15) is 0 Å². The Morgan fingerprint density at radius 1 is 1.00 bits per heavy atom. The number of benzene rings is 3. The van der Waals surface area contributed by atoms with Crippen molar-refractivity contribution >= 4 is 27.5 Å².